The molecule has 0 aromatic heterocycles. The molecule has 1 aliphatic rings. The van der Waals surface area contributed by atoms with Gasteiger partial charge in [-0.15, -0.1) is 11.6 Å². The van der Waals surface area contributed by atoms with E-state index in [4.69, 9.17) is 11.6 Å². The SMILES string of the molecule is O=C(c1ccc(F)cc1)[C@@H](CCCl)N(C(=O)c1ccc([N+](=O)[O-])cc1)N1C(=O)CCCC1=O. The third-order valence-corrected chi connectivity index (χ3v) is 5.33. The normalized spacial score (nSPS) is 14.7. The topological polar surface area (TPSA) is 118 Å². The molecular formula is C22H19ClFN3O6. The zero-order valence-corrected chi connectivity index (χ0v) is 18.0. The molecule has 0 unspecified atom stereocenters. The number of hydrogen-bond acceptors (Lipinski definition) is 6. The summed E-state index contributed by atoms with van der Waals surface area (Å²) in [5.41, 5.74) is -0.272. The van der Waals surface area contributed by atoms with E-state index in [0.29, 0.717) is 11.4 Å². The standard InChI is InChI=1S/C22H19ClFN3O6/c23-13-12-18(21(30)14-4-8-16(24)9-5-14)25(26-19(28)2-1-3-20(26)29)22(31)15-6-10-17(11-7-15)27(32)33/h4-11,18H,1-3,12-13H2/t18-/m1/s1. The minimum Gasteiger partial charge on any atom is -0.292 e. The number of nitro groups is 1. The van der Waals surface area contributed by atoms with Crippen molar-refractivity contribution in [3.8, 4) is 0 Å². The maximum Gasteiger partial charge on any atom is 0.273 e. The van der Waals surface area contributed by atoms with Crippen molar-refractivity contribution in [2.75, 3.05) is 5.88 Å². The van der Waals surface area contributed by atoms with Crippen LogP contribution in [0.1, 0.15) is 46.4 Å². The van der Waals surface area contributed by atoms with Crippen molar-refractivity contribution in [1.29, 1.82) is 0 Å². The van der Waals surface area contributed by atoms with E-state index in [1.165, 1.54) is 24.3 Å². The summed E-state index contributed by atoms with van der Waals surface area (Å²) in [6.07, 6.45) is 0.190. The number of hydrazine groups is 1. The van der Waals surface area contributed by atoms with Crippen LogP contribution in [0.5, 0.6) is 0 Å². The maximum absolute atomic E-state index is 13.5. The van der Waals surface area contributed by atoms with E-state index in [1.54, 1.807) is 0 Å². The average Bonchev–Trinajstić information content (AvgIpc) is 2.80. The number of carbonyl (C=O) groups is 4. The predicted octanol–water partition coefficient (Wildman–Crippen LogP) is 3.51. The van der Waals surface area contributed by atoms with E-state index in [-0.39, 0.29) is 42.0 Å². The lowest BCUT2D eigenvalue weighted by Crippen LogP contribution is -2.60. The Hall–Kier alpha value is -3.66. The average molecular weight is 476 g/mol. The van der Waals surface area contributed by atoms with E-state index in [9.17, 15) is 33.7 Å². The minimum atomic E-state index is -1.35. The van der Waals surface area contributed by atoms with Crippen molar-refractivity contribution >= 4 is 40.8 Å². The number of nitro benzene ring substituents is 1. The van der Waals surface area contributed by atoms with Crippen LogP contribution in [0.3, 0.4) is 0 Å². The molecule has 0 saturated carbocycles. The van der Waals surface area contributed by atoms with E-state index in [1.807, 2.05) is 0 Å². The highest BCUT2D eigenvalue weighted by atomic mass is 35.5. The Morgan fingerprint density at radius 1 is 1.03 bits per heavy atom. The van der Waals surface area contributed by atoms with Crippen LogP contribution < -0.4 is 0 Å². The van der Waals surface area contributed by atoms with E-state index < -0.39 is 40.3 Å². The van der Waals surface area contributed by atoms with Crippen LogP contribution >= 0.6 is 11.6 Å². The Kier molecular flexibility index (Phi) is 7.49. The Labute approximate surface area is 192 Å². The molecule has 9 nitrogen and oxygen atoms in total. The highest BCUT2D eigenvalue weighted by molar-refractivity contribution is 6.18. The van der Waals surface area contributed by atoms with Crippen LogP contribution in [0.2, 0.25) is 0 Å². The van der Waals surface area contributed by atoms with E-state index >= 15 is 0 Å². The second-order valence-electron chi connectivity index (χ2n) is 7.27. The summed E-state index contributed by atoms with van der Waals surface area (Å²) in [6, 6.07) is 7.81. The largest absolute Gasteiger partial charge is 0.292 e. The van der Waals surface area contributed by atoms with Gasteiger partial charge in [0.25, 0.3) is 11.6 Å². The molecule has 1 saturated heterocycles. The number of carbonyl (C=O) groups excluding carboxylic acids is 4. The van der Waals surface area contributed by atoms with Crippen molar-refractivity contribution in [2.45, 2.75) is 31.7 Å². The molecule has 2 aromatic carbocycles. The van der Waals surface area contributed by atoms with Crippen molar-refractivity contribution in [3.05, 3.63) is 75.6 Å². The highest BCUT2D eigenvalue weighted by Gasteiger charge is 2.41. The molecule has 2 aromatic rings. The van der Waals surface area contributed by atoms with Crippen LogP contribution in [-0.4, -0.2) is 50.4 Å². The third kappa shape index (κ3) is 5.23. The number of ketones is 1. The molecule has 11 heteroatoms. The smallest absolute Gasteiger partial charge is 0.273 e. The lowest BCUT2D eigenvalue weighted by molar-refractivity contribution is -0.384. The van der Waals surface area contributed by atoms with Gasteiger partial charge in [-0.1, -0.05) is 0 Å². The Balaban J connectivity index is 2.08. The van der Waals surface area contributed by atoms with Gasteiger partial charge in [-0.05, 0) is 49.2 Å². The first-order chi connectivity index (χ1) is 15.7. The zero-order valence-electron chi connectivity index (χ0n) is 17.3. The second kappa shape index (κ2) is 10.3. The van der Waals surface area contributed by atoms with Gasteiger partial charge in [0.1, 0.15) is 11.9 Å². The molecule has 0 bridgehead atoms. The quantitative estimate of drug-likeness (QED) is 0.189. The fourth-order valence-corrected chi connectivity index (χ4v) is 3.69. The molecular weight excluding hydrogens is 457 g/mol. The number of hydrogen-bond donors (Lipinski definition) is 0. The molecule has 33 heavy (non-hydrogen) atoms. The summed E-state index contributed by atoms with van der Waals surface area (Å²) < 4.78 is 13.3. The molecule has 1 aliphatic heterocycles. The summed E-state index contributed by atoms with van der Waals surface area (Å²) in [5, 5.41) is 12.4. The van der Waals surface area contributed by atoms with Gasteiger partial charge in [-0.2, -0.15) is 5.01 Å². The lowest BCUT2D eigenvalue weighted by atomic mass is 10.00. The number of benzene rings is 2. The summed E-state index contributed by atoms with van der Waals surface area (Å²) in [7, 11) is 0. The first-order valence-corrected chi connectivity index (χ1v) is 10.6. The van der Waals surface area contributed by atoms with Gasteiger partial charge >= 0.3 is 0 Å². The molecule has 172 valence electrons. The minimum absolute atomic E-state index is 0.00584. The van der Waals surface area contributed by atoms with Crippen molar-refractivity contribution in [2.24, 2.45) is 0 Å². The fourth-order valence-electron chi connectivity index (χ4n) is 3.49. The molecule has 1 heterocycles. The Morgan fingerprint density at radius 2 is 1.58 bits per heavy atom. The fraction of sp³-hybridized carbons (Fsp3) is 0.273. The number of halogens is 2. The van der Waals surface area contributed by atoms with Gasteiger partial charge in [-0.3, -0.25) is 29.3 Å². The van der Waals surface area contributed by atoms with Crippen LogP contribution in [0.15, 0.2) is 48.5 Å². The van der Waals surface area contributed by atoms with Crippen molar-refractivity contribution in [3.63, 3.8) is 0 Å². The maximum atomic E-state index is 13.5. The first kappa shape index (κ1) is 24.0. The number of non-ortho nitro benzene ring substituents is 1. The van der Waals surface area contributed by atoms with E-state index in [0.717, 1.165) is 29.3 Å². The Morgan fingerprint density at radius 3 is 2.09 bits per heavy atom. The van der Waals surface area contributed by atoms with Gasteiger partial charge in [0.05, 0.1) is 4.92 Å². The van der Waals surface area contributed by atoms with Gasteiger partial charge < -0.3 is 0 Å². The number of amides is 3. The predicted molar refractivity (Wildman–Crippen MR) is 115 cm³/mol. The van der Waals surface area contributed by atoms with Crippen LogP contribution in [-0.2, 0) is 9.59 Å². The second-order valence-corrected chi connectivity index (χ2v) is 7.65. The number of Topliss-reactive ketones (excluding diaryl/α,β-unsaturated/α-hetero) is 1. The molecule has 3 amide bonds. The molecule has 1 atom stereocenters. The van der Waals surface area contributed by atoms with Gasteiger partial charge in [-0.25, -0.2) is 9.40 Å². The number of imide groups is 1. The zero-order chi connectivity index (χ0) is 24.1. The van der Waals surface area contributed by atoms with Crippen molar-refractivity contribution in [1.82, 2.24) is 10.0 Å². The van der Waals surface area contributed by atoms with Crippen LogP contribution in [0.4, 0.5) is 10.1 Å². The molecule has 1 fully saturated rings. The lowest BCUT2D eigenvalue weighted by Gasteiger charge is -2.39. The Bertz CT molecular complexity index is 1070. The summed E-state index contributed by atoms with van der Waals surface area (Å²) in [5.74, 6) is -3.49. The van der Waals surface area contributed by atoms with Crippen molar-refractivity contribution < 1.29 is 28.5 Å². The number of nitrogens with zero attached hydrogens (tertiary/aromatic N) is 3. The number of rotatable bonds is 8. The van der Waals surface area contributed by atoms with Crippen LogP contribution in [0, 0.1) is 15.9 Å². The first-order valence-electron chi connectivity index (χ1n) is 10.0. The van der Waals surface area contributed by atoms with Gasteiger partial charge in [0.2, 0.25) is 11.8 Å². The third-order valence-electron chi connectivity index (χ3n) is 5.11. The van der Waals surface area contributed by atoms with Gasteiger partial charge in [0, 0.05) is 42.0 Å². The number of piperidine rings is 1. The summed E-state index contributed by atoms with van der Waals surface area (Å²) in [6.45, 7) is 0. The van der Waals surface area contributed by atoms with Gasteiger partial charge in [0.15, 0.2) is 5.78 Å². The molecule has 3 rings (SSSR count). The molecule has 0 spiro atoms. The molecule has 0 aliphatic carbocycles. The highest BCUT2D eigenvalue weighted by Crippen LogP contribution is 2.25. The van der Waals surface area contributed by atoms with Crippen LogP contribution in [0.25, 0.3) is 0 Å². The molecule has 0 radical (unpaired) electrons. The molecule has 0 N–H and O–H groups in total. The van der Waals surface area contributed by atoms with E-state index in [2.05, 4.69) is 0 Å². The monoisotopic (exact) mass is 475 g/mol. The summed E-state index contributed by atoms with van der Waals surface area (Å²) >= 11 is 5.90. The summed E-state index contributed by atoms with van der Waals surface area (Å²) in [4.78, 5) is 62.4. The number of alkyl halides is 1.